The zero-order valence-electron chi connectivity index (χ0n) is 21.6. The molecular formula is C32H22FN7O. The molecule has 0 bridgehead atoms. The molecule has 0 radical (unpaired) electrons. The largest absolute Gasteiger partial charge is 0.309 e. The van der Waals surface area contributed by atoms with Crippen molar-refractivity contribution in [1.29, 1.82) is 0 Å². The summed E-state index contributed by atoms with van der Waals surface area (Å²) in [5, 5.41) is 7.68. The molecule has 0 aliphatic heterocycles. The Labute approximate surface area is 233 Å². The topological polar surface area (TPSA) is 89.5 Å². The lowest BCUT2D eigenvalue weighted by molar-refractivity contribution is -0.115. The van der Waals surface area contributed by atoms with E-state index in [1.54, 1.807) is 35.2 Å². The number of benzene rings is 2. The summed E-state index contributed by atoms with van der Waals surface area (Å²) in [6.07, 6.45) is 7.33. The Bertz CT molecular complexity index is 2030. The predicted molar refractivity (Wildman–Crippen MR) is 155 cm³/mol. The fourth-order valence-corrected chi connectivity index (χ4v) is 4.89. The van der Waals surface area contributed by atoms with Gasteiger partial charge in [0.25, 0.3) is 0 Å². The second kappa shape index (κ2) is 10.1. The quantitative estimate of drug-likeness (QED) is 0.276. The maximum Gasteiger partial charge on any atom is 0.229 e. The minimum absolute atomic E-state index is 0.183. The molecular weight excluding hydrogens is 517 g/mol. The van der Waals surface area contributed by atoms with Gasteiger partial charge in [0.05, 0.1) is 18.3 Å². The van der Waals surface area contributed by atoms with Crippen molar-refractivity contribution in [3.63, 3.8) is 0 Å². The van der Waals surface area contributed by atoms with Gasteiger partial charge in [0, 0.05) is 24.2 Å². The maximum atomic E-state index is 13.6. The van der Waals surface area contributed by atoms with Crippen LogP contribution in [-0.2, 0) is 11.2 Å². The molecule has 0 saturated carbocycles. The molecule has 9 heteroatoms. The van der Waals surface area contributed by atoms with E-state index >= 15 is 0 Å². The first-order valence-corrected chi connectivity index (χ1v) is 13.0. The van der Waals surface area contributed by atoms with Gasteiger partial charge in [-0.25, -0.2) is 18.9 Å². The molecule has 41 heavy (non-hydrogen) atoms. The summed E-state index contributed by atoms with van der Waals surface area (Å²) in [5.74, 6) is -0.0925. The van der Waals surface area contributed by atoms with Crippen LogP contribution in [0.25, 0.3) is 45.1 Å². The van der Waals surface area contributed by atoms with E-state index in [0.29, 0.717) is 22.9 Å². The van der Waals surface area contributed by atoms with Crippen LogP contribution in [0.3, 0.4) is 0 Å². The van der Waals surface area contributed by atoms with Crippen molar-refractivity contribution in [2.24, 2.45) is 0 Å². The summed E-state index contributed by atoms with van der Waals surface area (Å²) in [5.41, 5.74) is 7.08. The predicted octanol–water partition coefficient (Wildman–Crippen LogP) is 6.09. The highest BCUT2D eigenvalue weighted by Crippen LogP contribution is 2.32. The molecule has 0 spiro atoms. The highest BCUT2D eigenvalue weighted by molar-refractivity contribution is 5.92. The lowest BCUT2D eigenvalue weighted by atomic mass is 10.0. The van der Waals surface area contributed by atoms with E-state index in [2.05, 4.69) is 15.3 Å². The number of amides is 1. The van der Waals surface area contributed by atoms with Crippen LogP contribution in [0.2, 0.25) is 0 Å². The van der Waals surface area contributed by atoms with E-state index in [9.17, 15) is 9.18 Å². The molecule has 0 unspecified atom stereocenters. The normalized spacial score (nSPS) is 11.2. The number of nitrogens with zero attached hydrogens (tertiary/aromatic N) is 6. The van der Waals surface area contributed by atoms with E-state index in [4.69, 9.17) is 10.1 Å². The molecule has 5 heterocycles. The second-order valence-electron chi connectivity index (χ2n) is 9.56. The van der Waals surface area contributed by atoms with Gasteiger partial charge in [0.2, 0.25) is 5.91 Å². The number of halogens is 1. The number of carbonyl (C=O) groups is 1. The fraction of sp³-hybridized carbons (Fsp3) is 0.0312. The molecule has 1 N–H and O–H groups in total. The third-order valence-electron chi connectivity index (χ3n) is 6.76. The van der Waals surface area contributed by atoms with Crippen molar-refractivity contribution in [2.75, 3.05) is 5.32 Å². The van der Waals surface area contributed by atoms with Crippen LogP contribution in [0.15, 0.2) is 116 Å². The summed E-state index contributed by atoms with van der Waals surface area (Å²) in [6, 6.07) is 27.4. The van der Waals surface area contributed by atoms with Crippen molar-refractivity contribution in [1.82, 2.24) is 29.0 Å². The van der Waals surface area contributed by atoms with Crippen molar-refractivity contribution in [3.8, 4) is 33.8 Å². The summed E-state index contributed by atoms with van der Waals surface area (Å²) in [7, 11) is 0. The second-order valence-corrected chi connectivity index (χ2v) is 9.56. The molecule has 0 atom stereocenters. The number of hydrogen-bond donors (Lipinski definition) is 1. The van der Waals surface area contributed by atoms with E-state index < -0.39 is 0 Å². The van der Waals surface area contributed by atoms with E-state index in [1.807, 2.05) is 77.3 Å². The van der Waals surface area contributed by atoms with E-state index in [1.165, 1.54) is 12.1 Å². The first-order chi connectivity index (χ1) is 20.1. The summed E-state index contributed by atoms with van der Waals surface area (Å²) in [4.78, 5) is 26.4. The third kappa shape index (κ3) is 4.80. The van der Waals surface area contributed by atoms with Gasteiger partial charge in [-0.1, -0.05) is 36.4 Å². The fourth-order valence-electron chi connectivity index (χ4n) is 4.89. The van der Waals surface area contributed by atoms with Gasteiger partial charge in [-0.2, -0.15) is 5.10 Å². The average molecular weight is 540 g/mol. The van der Waals surface area contributed by atoms with Crippen LogP contribution in [0.4, 0.5) is 10.2 Å². The van der Waals surface area contributed by atoms with Gasteiger partial charge in [-0.05, 0) is 71.3 Å². The lowest BCUT2D eigenvalue weighted by Gasteiger charge is -2.06. The molecule has 8 nitrogen and oxygen atoms in total. The zero-order valence-corrected chi connectivity index (χ0v) is 21.6. The Kier molecular flexibility index (Phi) is 6.01. The number of carbonyl (C=O) groups excluding carboxylic acids is 1. The third-order valence-corrected chi connectivity index (χ3v) is 6.76. The Balaban J connectivity index is 1.17. The number of hydrogen-bond acceptors (Lipinski definition) is 5. The van der Waals surface area contributed by atoms with Crippen LogP contribution < -0.4 is 5.32 Å². The first-order valence-electron chi connectivity index (χ1n) is 13.0. The molecule has 7 aromatic rings. The van der Waals surface area contributed by atoms with Crippen LogP contribution in [0.1, 0.15) is 5.56 Å². The van der Waals surface area contributed by atoms with E-state index in [-0.39, 0.29) is 18.1 Å². The lowest BCUT2D eigenvalue weighted by Crippen LogP contribution is -2.14. The minimum Gasteiger partial charge on any atom is -0.309 e. The molecule has 198 valence electrons. The SMILES string of the molecule is O=C(Cc1cccc(-c2cccnc2)c1)Nc1cn2nc(-c3c(-c4ccc(F)cc4)nc4ccccn34)ccc2n1. The monoisotopic (exact) mass is 539 g/mol. The number of fused-ring (bicyclic) bond motifs is 2. The molecule has 0 fully saturated rings. The molecule has 0 aliphatic rings. The molecule has 0 aliphatic carbocycles. The van der Waals surface area contributed by atoms with E-state index in [0.717, 1.165) is 33.6 Å². The van der Waals surface area contributed by atoms with Crippen molar-refractivity contribution in [2.45, 2.75) is 6.42 Å². The standard InChI is InChI=1S/C32H22FN7O/c33-25-11-9-22(10-12-25)31-32(39-16-2-1-8-28(39)37-31)26-13-14-29-35-27(20-40(29)38-26)36-30(41)18-21-5-3-6-23(17-21)24-7-4-15-34-19-24/h1-17,19-20H,18H2,(H,36,41). The highest BCUT2D eigenvalue weighted by atomic mass is 19.1. The first kappa shape index (κ1) is 24.3. The van der Waals surface area contributed by atoms with Gasteiger partial charge in [0.1, 0.15) is 22.9 Å². The van der Waals surface area contributed by atoms with Crippen LogP contribution in [0, 0.1) is 5.82 Å². The smallest absolute Gasteiger partial charge is 0.229 e. The van der Waals surface area contributed by atoms with Crippen molar-refractivity contribution in [3.05, 3.63) is 127 Å². The number of anilines is 1. The summed E-state index contributed by atoms with van der Waals surface area (Å²) in [6.45, 7) is 0. The number of aromatic nitrogens is 6. The van der Waals surface area contributed by atoms with Gasteiger partial charge in [-0.3, -0.25) is 14.2 Å². The average Bonchev–Trinajstić information content (AvgIpc) is 3.58. The number of imidazole rings is 2. The molecule has 5 aromatic heterocycles. The Morgan fingerprint density at radius 3 is 2.56 bits per heavy atom. The van der Waals surface area contributed by atoms with Gasteiger partial charge in [0.15, 0.2) is 11.5 Å². The number of nitrogens with one attached hydrogen (secondary N) is 1. The molecule has 1 amide bonds. The minimum atomic E-state index is -0.312. The van der Waals surface area contributed by atoms with Crippen LogP contribution in [-0.4, -0.2) is 34.9 Å². The Morgan fingerprint density at radius 2 is 1.71 bits per heavy atom. The van der Waals surface area contributed by atoms with Crippen molar-refractivity contribution >= 4 is 23.0 Å². The Hall–Kier alpha value is -5.70. The molecule has 7 rings (SSSR count). The Morgan fingerprint density at radius 1 is 0.829 bits per heavy atom. The number of rotatable bonds is 6. The van der Waals surface area contributed by atoms with Crippen LogP contribution >= 0.6 is 0 Å². The van der Waals surface area contributed by atoms with Gasteiger partial charge in [-0.15, -0.1) is 0 Å². The summed E-state index contributed by atoms with van der Waals surface area (Å²) < 4.78 is 17.2. The highest BCUT2D eigenvalue weighted by Gasteiger charge is 2.18. The van der Waals surface area contributed by atoms with Gasteiger partial charge >= 0.3 is 0 Å². The van der Waals surface area contributed by atoms with Gasteiger partial charge < -0.3 is 5.32 Å². The molecule has 0 saturated heterocycles. The number of pyridine rings is 2. The van der Waals surface area contributed by atoms with Crippen molar-refractivity contribution < 1.29 is 9.18 Å². The molecule has 2 aromatic carbocycles. The van der Waals surface area contributed by atoms with Crippen LogP contribution in [0.5, 0.6) is 0 Å². The maximum absolute atomic E-state index is 13.6. The summed E-state index contributed by atoms with van der Waals surface area (Å²) >= 11 is 0. The zero-order chi connectivity index (χ0) is 27.8.